The maximum absolute atomic E-state index is 2.77. The van der Waals surface area contributed by atoms with Crippen molar-refractivity contribution >= 4 is 9.24 Å². The highest BCUT2D eigenvalue weighted by Gasteiger charge is 2.17. The Bertz CT molecular complexity index is 178. The molecule has 1 fully saturated rings. The van der Waals surface area contributed by atoms with Gasteiger partial charge in [0.1, 0.15) is 0 Å². The van der Waals surface area contributed by atoms with Gasteiger partial charge in [-0.3, -0.25) is 0 Å². The fourth-order valence-corrected chi connectivity index (χ4v) is 1.89. The molecule has 20 heavy (non-hydrogen) atoms. The summed E-state index contributed by atoms with van der Waals surface area (Å²) in [5.74, 6) is 0. The lowest BCUT2D eigenvalue weighted by molar-refractivity contribution is 0.270. The van der Waals surface area contributed by atoms with E-state index in [1.165, 1.54) is 63.9 Å². The van der Waals surface area contributed by atoms with E-state index in [2.05, 4.69) is 57.7 Å². The molecule has 0 saturated heterocycles. The average molecular weight is 303 g/mol. The maximum Gasteiger partial charge on any atom is -0.0322 e. The molecular formula is C19H43P. The molecule has 1 saturated carbocycles. The molecule has 1 unspecified atom stereocenters. The van der Waals surface area contributed by atoms with Crippen LogP contribution in [0.5, 0.6) is 0 Å². The Hall–Kier alpha value is 0.430. The van der Waals surface area contributed by atoms with E-state index in [1.54, 1.807) is 0 Å². The predicted molar refractivity (Wildman–Crippen MR) is 101 cm³/mol. The Morgan fingerprint density at radius 3 is 1.20 bits per heavy atom. The topological polar surface area (TPSA) is 0 Å². The van der Waals surface area contributed by atoms with Crippen LogP contribution in [0.25, 0.3) is 0 Å². The minimum atomic E-state index is 0.546. The highest BCUT2D eigenvalue weighted by molar-refractivity contribution is 7.16. The summed E-state index contributed by atoms with van der Waals surface area (Å²) in [5.41, 5.74) is 1.18. The van der Waals surface area contributed by atoms with Crippen LogP contribution in [0, 0.1) is 10.8 Å². The van der Waals surface area contributed by atoms with Crippen molar-refractivity contribution in [3.8, 4) is 0 Å². The first kappa shape index (κ1) is 22.7. The minimum absolute atomic E-state index is 0.546. The lowest BCUT2D eigenvalue weighted by Crippen LogP contribution is -2.12. The third-order valence-corrected chi connectivity index (χ3v) is 6.18. The second kappa shape index (κ2) is 13.1. The molecule has 1 aliphatic carbocycles. The molecule has 0 N–H and O–H groups in total. The zero-order valence-corrected chi connectivity index (χ0v) is 16.8. The summed E-state index contributed by atoms with van der Waals surface area (Å²) in [7, 11) is 2.77. The van der Waals surface area contributed by atoms with Gasteiger partial charge >= 0.3 is 0 Å². The van der Waals surface area contributed by atoms with Gasteiger partial charge < -0.3 is 0 Å². The molecule has 0 amide bonds. The van der Waals surface area contributed by atoms with Crippen molar-refractivity contribution in [1.29, 1.82) is 0 Å². The first-order chi connectivity index (χ1) is 9.30. The molecule has 0 nitrogen and oxygen atoms in total. The summed E-state index contributed by atoms with van der Waals surface area (Å²) in [5, 5.41) is 0. The molecule has 1 heteroatoms. The van der Waals surface area contributed by atoms with Gasteiger partial charge in [0.25, 0.3) is 0 Å². The van der Waals surface area contributed by atoms with E-state index in [0.29, 0.717) is 10.8 Å². The molecule has 0 aromatic heterocycles. The second-order valence-electron chi connectivity index (χ2n) is 7.40. The van der Waals surface area contributed by atoms with E-state index in [0.717, 1.165) is 0 Å². The molecule has 1 atom stereocenters. The first-order valence-electron chi connectivity index (χ1n) is 9.00. The normalized spacial score (nSPS) is 14.4. The predicted octanol–water partition coefficient (Wildman–Crippen LogP) is 7.47. The van der Waals surface area contributed by atoms with Gasteiger partial charge in [0.2, 0.25) is 0 Å². The molecule has 1 aliphatic rings. The van der Waals surface area contributed by atoms with E-state index < -0.39 is 0 Å². The van der Waals surface area contributed by atoms with Crippen LogP contribution in [0.15, 0.2) is 0 Å². The summed E-state index contributed by atoms with van der Waals surface area (Å²) in [6.07, 6.45) is 13.9. The van der Waals surface area contributed by atoms with E-state index >= 15 is 0 Å². The van der Waals surface area contributed by atoms with Crippen molar-refractivity contribution in [2.75, 3.05) is 6.16 Å². The summed E-state index contributed by atoms with van der Waals surface area (Å²) in [6, 6.07) is 0. The standard InChI is InChI=1S/C9H20.C6H15P.C4H8/c1-5-8-9(4,6-2)7-3;1-4-6(2,3)5-7;1-2-4-3-1/h5-8H2,1-4H3;4-5,7H2,1-3H3;1-4H2. The van der Waals surface area contributed by atoms with Crippen LogP contribution in [0.2, 0.25) is 0 Å². The number of rotatable bonds is 6. The van der Waals surface area contributed by atoms with Crippen molar-refractivity contribution in [2.24, 2.45) is 10.8 Å². The largest absolute Gasteiger partial charge is 0.137 e. The van der Waals surface area contributed by atoms with Gasteiger partial charge in [-0.15, -0.1) is 9.24 Å². The van der Waals surface area contributed by atoms with E-state index in [1.807, 2.05) is 0 Å². The van der Waals surface area contributed by atoms with Crippen LogP contribution in [-0.4, -0.2) is 6.16 Å². The quantitative estimate of drug-likeness (QED) is 0.446. The van der Waals surface area contributed by atoms with Gasteiger partial charge in [-0.05, 0) is 23.4 Å². The van der Waals surface area contributed by atoms with Crippen LogP contribution < -0.4 is 0 Å². The van der Waals surface area contributed by atoms with Crippen LogP contribution in [0.3, 0.4) is 0 Å². The number of hydrogen-bond donors (Lipinski definition) is 0. The minimum Gasteiger partial charge on any atom is -0.137 e. The van der Waals surface area contributed by atoms with Crippen molar-refractivity contribution in [2.45, 2.75) is 106 Å². The fraction of sp³-hybridized carbons (Fsp3) is 1.00. The number of hydrogen-bond acceptors (Lipinski definition) is 0. The Morgan fingerprint density at radius 1 is 0.750 bits per heavy atom. The summed E-state index contributed by atoms with van der Waals surface area (Å²) in [4.78, 5) is 0. The van der Waals surface area contributed by atoms with Crippen LogP contribution >= 0.6 is 9.24 Å². The molecule has 0 heterocycles. The highest BCUT2D eigenvalue weighted by atomic mass is 31.0. The summed E-state index contributed by atoms with van der Waals surface area (Å²) in [6.45, 7) is 16.0. The third-order valence-electron chi connectivity index (χ3n) is 5.07. The molecule has 0 aromatic carbocycles. The fourth-order valence-electron chi connectivity index (χ4n) is 1.60. The highest BCUT2D eigenvalue weighted by Crippen LogP contribution is 2.30. The molecule has 1 rings (SSSR count). The van der Waals surface area contributed by atoms with Gasteiger partial charge in [0, 0.05) is 0 Å². The molecule has 0 radical (unpaired) electrons. The van der Waals surface area contributed by atoms with Crippen LogP contribution in [0.4, 0.5) is 0 Å². The van der Waals surface area contributed by atoms with Gasteiger partial charge in [-0.2, -0.15) is 0 Å². The Morgan fingerprint density at radius 2 is 1.15 bits per heavy atom. The molecular weight excluding hydrogens is 259 g/mol. The lowest BCUT2D eigenvalue weighted by atomic mass is 9.81. The lowest BCUT2D eigenvalue weighted by Gasteiger charge is -2.25. The first-order valence-corrected chi connectivity index (χ1v) is 9.82. The van der Waals surface area contributed by atoms with Gasteiger partial charge in [-0.1, -0.05) is 99.8 Å². The van der Waals surface area contributed by atoms with Crippen molar-refractivity contribution < 1.29 is 0 Å². The SMILES string of the molecule is C1CCC1.CCC(C)(C)CP.CCCC(C)(CC)CC. The van der Waals surface area contributed by atoms with E-state index in [9.17, 15) is 0 Å². The van der Waals surface area contributed by atoms with E-state index in [4.69, 9.17) is 0 Å². The summed E-state index contributed by atoms with van der Waals surface area (Å²) < 4.78 is 0. The van der Waals surface area contributed by atoms with Crippen LogP contribution in [0.1, 0.15) is 106 Å². The van der Waals surface area contributed by atoms with Crippen LogP contribution in [-0.2, 0) is 0 Å². The molecule has 124 valence electrons. The Kier molecular flexibility index (Phi) is 14.9. The van der Waals surface area contributed by atoms with E-state index in [-0.39, 0.29) is 0 Å². The second-order valence-corrected chi connectivity index (χ2v) is 7.81. The zero-order chi connectivity index (χ0) is 16.1. The maximum atomic E-state index is 2.77. The molecule has 0 spiro atoms. The Balaban J connectivity index is 0. The van der Waals surface area contributed by atoms with Gasteiger partial charge in [-0.25, -0.2) is 0 Å². The van der Waals surface area contributed by atoms with Crippen molar-refractivity contribution in [3.63, 3.8) is 0 Å². The Labute approximate surface area is 133 Å². The smallest absolute Gasteiger partial charge is 0.0322 e. The van der Waals surface area contributed by atoms with Gasteiger partial charge in [0.05, 0.1) is 0 Å². The molecule has 0 bridgehead atoms. The van der Waals surface area contributed by atoms with Crippen molar-refractivity contribution in [3.05, 3.63) is 0 Å². The molecule has 0 aromatic rings. The molecule has 0 aliphatic heterocycles. The zero-order valence-electron chi connectivity index (χ0n) is 15.6. The monoisotopic (exact) mass is 302 g/mol. The third kappa shape index (κ3) is 13.4. The summed E-state index contributed by atoms with van der Waals surface area (Å²) >= 11 is 0. The van der Waals surface area contributed by atoms with Crippen molar-refractivity contribution in [1.82, 2.24) is 0 Å². The average Bonchev–Trinajstić information content (AvgIpc) is 2.38. The van der Waals surface area contributed by atoms with Gasteiger partial charge in [0.15, 0.2) is 0 Å².